The molecule has 1 heterocycles. The minimum Gasteiger partial charge on any atom is -0.550 e. The third kappa shape index (κ3) is 3.43. The van der Waals surface area contributed by atoms with Crippen LogP contribution in [0.3, 0.4) is 0 Å². The van der Waals surface area contributed by atoms with Gasteiger partial charge < -0.3 is 9.90 Å². The maximum atomic E-state index is 12.3. The molecule has 4 nitrogen and oxygen atoms in total. The molecule has 6 heteroatoms. The standard InChI is InChI=1S/C17H13NO3S2/c19-15(20)7-8-18-16(21)14(23-17(18)22)10-11-5-6-12-3-1-2-4-13(12)9-11/h1-6,9-10H,7-8H2,(H,19,20)/p-1/b14-10+. The van der Waals surface area contributed by atoms with Gasteiger partial charge in [0.1, 0.15) is 4.32 Å². The number of amides is 1. The number of carbonyl (C=O) groups excluding carboxylic acids is 2. The molecule has 0 aromatic heterocycles. The smallest absolute Gasteiger partial charge is 0.266 e. The van der Waals surface area contributed by atoms with E-state index in [-0.39, 0.29) is 18.9 Å². The number of thioether (sulfide) groups is 1. The summed E-state index contributed by atoms with van der Waals surface area (Å²) in [5.41, 5.74) is 0.907. The van der Waals surface area contributed by atoms with E-state index in [1.54, 1.807) is 6.08 Å². The van der Waals surface area contributed by atoms with Crippen molar-refractivity contribution in [3.05, 3.63) is 52.9 Å². The second kappa shape index (κ2) is 6.52. The normalized spacial score (nSPS) is 16.5. The van der Waals surface area contributed by atoms with Crippen molar-refractivity contribution >= 4 is 57.0 Å². The van der Waals surface area contributed by atoms with Crippen LogP contribution < -0.4 is 5.11 Å². The first-order valence-electron chi connectivity index (χ1n) is 6.98. The molecule has 0 atom stereocenters. The lowest BCUT2D eigenvalue weighted by Gasteiger charge is -2.14. The van der Waals surface area contributed by atoms with Crippen LogP contribution in [0.25, 0.3) is 16.8 Å². The highest BCUT2D eigenvalue weighted by Gasteiger charge is 2.31. The Morgan fingerprint density at radius 2 is 1.96 bits per heavy atom. The number of benzene rings is 2. The van der Waals surface area contributed by atoms with Gasteiger partial charge in [0.15, 0.2) is 0 Å². The summed E-state index contributed by atoms with van der Waals surface area (Å²) < 4.78 is 0.378. The average molecular weight is 342 g/mol. The van der Waals surface area contributed by atoms with Crippen molar-refractivity contribution in [1.29, 1.82) is 0 Å². The Morgan fingerprint density at radius 3 is 2.70 bits per heavy atom. The van der Waals surface area contributed by atoms with E-state index in [0.717, 1.165) is 16.3 Å². The summed E-state index contributed by atoms with van der Waals surface area (Å²) in [4.78, 5) is 24.7. The molecule has 2 aromatic rings. The fraction of sp³-hybridized carbons (Fsp3) is 0.118. The van der Waals surface area contributed by atoms with E-state index < -0.39 is 5.97 Å². The summed E-state index contributed by atoms with van der Waals surface area (Å²) >= 11 is 6.34. The summed E-state index contributed by atoms with van der Waals surface area (Å²) in [5, 5.41) is 12.8. The molecule has 0 N–H and O–H groups in total. The highest BCUT2D eigenvalue weighted by atomic mass is 32.2. The molecule has 0 aliphatic carbocycles. The van der Waals surface area contributed by atoms with Crippen molar-refractivity contribution in [2.45, 2.75) is 6.42 Å². The minimum atomic E-state index is -1.20. The van der Waals surface area contributed by atoms with Gasteiger partial charge >= 0.3 is 0 Å². The summed E-state index contributed by atoms with van der Waals surface area (Å²) in [6, 6.07) is 13.9. The molecule has 1 fully saturated rings. The van der Waals surface area contributed by atoms with E-state index in [0.29, 0.717) is 9.23 Å². The van der Waals surface area contributed by atoms with Crippen molar-refractivity contribution in [3.8, 4) is 0 Å². The predicted octanol–water partition coefficient (Wildman–Crippen LogP) is 2.18. The molecular formula is C17H12NO3S2-. The maximum Gasteiger partial charge on any atom is 0.266 e. The Hall–Kier alpha value is -2.18. The number of thiocarbonyl (C=S) groups is 1. The lowest BCUT2D eigenvalue weighted by molar-refractivity contribution is -0.305. The van der Waals surface area contributed by atoms with Crippen LogP contribution in [0, 0.1) is 0 Å². The summed E-state index contributed by atoms with van der Waals surface area (Å²) in [6.45, 7) is 0.0437. The minimum absolute atomic E-state index is 0.0437. The third-order valence-electron chi connectivity index (χ3n) is 3.48. The van der Waals surface area contributed by atoms with Gasteiger partial charge in [-0.25, -0.2) is 0 Å². The van der Waals surface area contributed by atoms with Gasteiger partial charge in [0.05, 0.1) is 4.91 Å². The van der Waals surface area contributed by atoms with Gasteiger partial charge in [-0.2, -0.15) is 0 Å². The molecule has 1 saturated heterocycles. The second-order valence-corrected chi connectivity index (χ2v) is 6.74. The molecule has 0 radical (unpaired) electrons. The zero-order chi connectivity index (χ0) is 16.4. The molecule has 0 bridgehead atoms. The van der Waals surface area contributed by atoms with Crippen LogP contribution in [0.5, 0.6) is 0 Å². The SMILES string of the molecule is O=C([O-])CCN1C(=O)/C(=C\c2ccc3ccccc3c2)SC1=S. The van der Waals surface area contributed by atoms with E-state index in [2.05, 4.69) is 0 Å². The number of hydrogen-bond acceptors (Lipinski definition) is 5. The Kier molecular flexibility index (Phi) is 4.45. The largest absolute Gasteiger partial charge is 0.550 e. The highest BCUT2D eigenvalue weighted by Crippen LogP contribution is 2.33. The molecule has 23 heavy (non-hydrogen) atoms. The van der Waals surface area contributed by atoms with Crippen LogP contribution in [0.2, 0.25) is 0 Å². The van der Waals surface area contributed by atoms with Crippen molar-refractivity contribution < 1.29 is 14.7 Å². The summed E-state index contributed by atoms with van der Waals surface area (Å²) in [6.07, 6.45) is 1.56. The Balaban J connectivity index is 1.85. The molecule has 1 amide bonds. The third-order valence-corrected chi connectivity index (χ3v) is 4.86. The Bertz CT molecular complexity index is 845. The van der Waals surface area contributed by atoms with Crippen LogP contribution in [0.1, 0.15) is 12.0 Å². The second-order valence-electron chi connectivity index (χ2n) is 5.06. The molecule has 2 aromatic carbocycles. The molecule has 1 aliphatic heterocycles. The number of hydrogen-bond donors (Lipinski definition) is 0. The van der Waals surface area contributed by atoms with Crippen molar-refractivity contribution in [2.75, 3.05) is 6.54 Å². The van der Waals surface area contributed by atoms with Crippen molar-refractivity contribution in [3.63, 3.8) is 0 Å². The highest BCUT2D eigenvalue weighted by molar-refractivity contribution is 8.26. The zero-order valence-corrected chi connectivity index (χ0v) is 13.7. The summed E-state index contributed by atoms with van der Waals surface area (Å²) in [5.74, 6) is -1.45. The van der Waals surface area contributed by atoms with Crippen molar-refractivity contribution in [1.82, 2.24) is 4.90 Å². The summed E-state index contributed by atoms with van der Waals surface area (Å²) in [7, 11) is 0. The van der Waals surface area contributed by atoms with Gasteiger partial charge in [0, 0.05) is 18.9 Å². The molecular weight excluding hydrogens is 330 g/mol. The quantitative estimate of drug-likeness (QED) is 0.630. The maximum absolute atomic E-state index is 12.3. The van der Waals surface area contributed by atoms with E-state index in [1.807, 2.05) is 42.5 Å². The van der Waals surface area contributed by atoms with Crippen molar-refractivity contribution in [2.24, 2.45) is 0 Å². The van der Waals surface area contributed by atoms with E-state index in [9.17, 15) is 14.7 Å². The number of fused-ring (bicyclic) bond motifs is 1. The van der Waals surface area contributed by atoms with E-state index >= 15 is 0 Å². The molecule has 1 aliphatic rings. The fourth-order valence-corrected chi connectivity index (χ4v) is 3.65. The Labute approximate surface area is 142 Å². The first-order chi connectivity index (χ1) is 11.0. The van der Waals surface area contributed by atoms with Gasteiger partial charge in [0.25, 0.3) is 5.91 Å². The van der Waals surface area contributed by atoms with Crippen LogP contribution in [-0.4, -0.2) is 27.6 Å². The van der Waals surface area contributed by atoms with E-state index in [4.69, 9.17) is 12.2 Å². The van der Waals surface area contributed by atoms with E-state index in [1.165, 1.54) is 16.7 Å². The Morgan fingerprint density at radius 1 is 1.22 bits per heavy atom. The molecule has 0 spiro atoms. The fourth-order valence-electron chi connectivity index (χ4n) is 2.34. The number of carboxylic acid groups (broad SMARTS) is 1. The van der Waals surface area contributed by atoms with Crippen LogP contribution in [0.4, 0.5) is 0 Å². The van der Waals surface area contributed by atoms with Gasteiger partial charge in [-0.05, 0) is 28.5 Å². The lowest BCUT2D eigenvalue weighted by atomic mass is 10.1. The molecule has 3 rings (SSSR count). The topological polar surface area (TPSA) is 60.4 Å². The number of nitrogens with zero attached hydrogens (tertiary/aromatic N) is 1. The van der Waals surface area contributed by atoms with Crippen LogP contribution in [0.15, 0.2) is 47.4 Å². The zero-order valence-electron chi connectivity index (χ0n) is 12.0. The van der Waals surface area contributed by atoms with Crippen LogP contribution >= 0.6 is 24.0 Å². The number of rotatable bonds is 4. The molecule has 116 valence electrons. The molecule has 0 unspecified atom stereocenters. The first-order valence-corrected chi connectivity index (χ1v) is 8.21. The number of carboxylic acids is 1. The van der Waals surface area contributed by atoms with Crippen LogP contribution in [-0.2, 0) is 9.59 Å². The number of carbonyl (C=O) groups is 2. The number of aliphatic carboxylic acids is 1. The monoisotopic (exact) mass is 342 g/mol. The van der Waals surface area contributed by atoms with Gasteiger partial charge in [-0.15, -0.1) is 0 Å². The lowest BCUT2D eigenvalue weighted by Crippen LogP contribution is -2.33. The van der Waals surface area contributed by atoms with Gasteiger partial charge in [-0.3, -0.25) is 9.69 Å². The average Bonchev–Trinajstić information content (AvgIpc) is 2.79. The first kappa shape index (κ1) is 15.7. The predicted molar refractivity (Wildman–Crippen MR) is 93.5 cm³/mol. The van der Waals surface area contributed by atoms with Gasteiger partial charge in [-0.1, -0.05) is 60.4 Å². The van der Waals surface area contributed by atoms with Gasteiger partial charge in [0.2, 0.25) is 0 Å². The molecule has 0 saturated carbocycles.